The van der Waals surface area contributed by atoms with E-state index in [-0.39, 0.29) is 24.5 Å². The van der Waals surface area contributed by atoms with E-state index in [2.05, 4.69) is 11.2 Å². The minimum Gasteiger partial charge on any atom is -0.481 e. The van der Waals surface area contributed by atoms with Crippen LogP contribution in [0.2, 0.25) is 0 Å². The molecule has 2 saturated heterocycles. The third-order valence-corrected chi connectivity index (χ3v) is 5.45. The molecule has 7 heteroatoms. The van der Waals surface area contributed by atoms with Gasteiger partial charge in [-0.2, -0.15) is 5.10 Å². The molecule has 0 aromatic heterocycles. The van der Waals surface area contributed by atoms with Gasteiger partial charge in [0.05, 0.1) is 12.2 Å². The van der Waals surface area contributed by atoms with Gasteiger partial charge in [-0.3, -0.25) is 4.79 Å². The van der Waals surface area contributed by atoms with Gasteiger partial charge in [-0.25, -0.2) is 9.80 Å². The lowest BCUT2D eigenvalue weighted by atomic mass is 9.78. The fraction of sp³-hybridized carbons (Fsp3) is 0.500. The number of carboxylic acid groups (broad SMARTS) is 1. The van der Waals surface area contributed by atoms with Gasteiger partial charge in [0.15, 0.2) is 0 Å². The smallest absolute Gasteiger partial charge is 0.435 e. The maximum atomic E-state index is 12.2. The van der Waals surface area contributed by atoms with Gasteiger partial charge >= 0.3 is 12.1 Å². The van der Waals surface area contributed by atoms with Gasteiger partial charge in [0.2, 0.25) is 0 Å². The highest BCUT2D eigenvalue weighted by molar-refractivity contribution is 5.72. The number of hydrazone groups is 1. The van der Waals surface area contributed by atoms with Crippen molar-refractivity contribution in [2.75, 3.05) is 7.05 Å². The van der Waals surface area contributed by atoms with Crippen LogP contribution in [0.4, 0.5) is 4.79 Å². The number of aliphatic carboxylic acids is 1. The van der Waals surface area contributed by atoms with Gasteiger partial charge in [0, 0.05) is 25.6 Å². The maximum Gasteiger partial charge on any atom is 0.435 e. The molecule has 4 atom stereocenters. The molecule has 3 rings (SSSR count). The zero-order valence-corrected chi connectivity index (χ0v) is 16.6. The Bertz CT molecular complexity index is 749. The Morgan fingerprint density at radius 3 is 2.76 bits per heavy atom. The number of fused-ring (bicyclic) bond motifs is 2. The number of ether oxygens (including phenoxy) is 2. The van der Waals surface area contributed by atoms with Crippen LogP contribution >= 0.6 is 0 Å². The van der Waals surface area contributed by atoms with E-state index in [0.29, 0.717) is 18.1 Å². The van der Waals surface area contributed by atoms with Crippen molar-refractivity contribution in [3.63, 3.8) is 0 Å². The van der Waals surface area contributed by atoms with Crippen molar-refractivity contribution in [2.24, 2.45) is 16.9 Å². The molecule has 2 aliphatic rings. The van der Waals surface area contributed by atoms with Crippen molar-refractivity contribution in [3.05, 3.63) is 42.5 Å². The quantitative estimate of drug-likeness (QED) is 0.292. The first kappa shape index (κ1) is 21.0. The molecule has 0 radical (unpaired) electrons. The number of allylic oxidation sites excluding steroid dienone is 2. The van der Waals surface area contributed by atoms with Crippen LogP contribution in [-0.2, 0) is 9.53 Å². The zero-order chi connectivity index (χ0) is 20.6. The number of nitrogens with zero attached hydrogens (tertiary/aromatic N) is 2. The van der Waals surface area contributed by atoms with Gasteiger partial charge in [0.25, 0.3) is 0 Å². The Labute approximate surface area is 171 Å². The monoisotopic (exact) mass is 400 g/mol. The fourth-order valence-corrected chi connectivity index (χ4v) is 3.95. The molecular formula is C22H28N2O5. The van der Waals surface area contributed by atoms with E-state index >= 15 is 0 Å². The number of carbonyl (C=O) groups excluding carboxylic acids is 1. The lowest BCUT2D eigenvalue weighted by molar-refractivity contribution is -0.137. The number of unbranched alkanes of at least 4 members (excludes halogenated alkanes) is 1. The minimum absolute atomic E-state index is 0.146. The van der Waals surface area contributed by atoms with Crippen LogP contribution in [0.3, 0.4) is 0 Å². The van der Waals surface area contributed by atoms with Crippen molar-refractivity contribution in [1.29, 1.82) is 0 Å². The van der Waals surface area contributed by atoms with E-state index in [1.54, 1.807) is 31.3 Å². The van der Waals surface area contributed by atoms with E-state index in [4.69, 9.17) is 14.6 Å². The summed E-state index contributed by atoms with van der Waals surface area (Å²) in [6.45, 7) is 0. The van der Waals surface area contributed by atoms with Crippen LogP contribution in [0.25, 0.3) is 0 Å². The standard InChI is InChI=1S/C22H28N2O5/c1-24(22(27)28-16-9-5-4-6-10-16)23-15-18-17(19-13-14-20(18)29-19)11-7-2-3-8-12-21(25)26/h2,4-7,9-10,15,17-20H,3,8,11-14H2,1H3,(H,25,26)/t17-,18+,19-,20+/m1/s1. The van der Waals surface area contributed by atoms with E-state index < -0.39 is 12.1 Å². The highest BCUT2D eigenvalue weighted by Gasteiger charge is 2.47. The zero-order valence-electron chi connectivity index (χ0n) is 16.6. The van der Waals surface area contributed by atoms with Crippen LogP contribution in [0.1, 0.15) is 38.5 Å². The number of hydrogen-bond acceptors (Lipinski definition) is 5. The van der Waals surface area contributed by atoms with Gasteiger partial charge in [0.1, 0.15) is 5.75 Å². The predicted octanol–water partition coefficient (Wildman–Crippen LogP) is 4.10. The Kier molecular flexibility index (Phi) is 7.41. The number of para-hydroxylation sites is 1. The summed E-state index contributed by atoms with van der Waals surface area (Å²) in [6, 6.07) is 8.90. The Hall–Kier alpha value is -2.67. The molecule has 1 aromatic rings. The molecule has 2 heterocycles. The molecule has 1 N–H and O–H groups in total. The summed E-state index contributed by atoms with van der Waals surface area (Å²) >= 11 is 0. The van der Waals surface area contributed by atoms with Gasteiger partial charge in [-0.1, -0.05) is 30.4 Å². The van der Waals surface area contributed by atoms with Crippen molar-refractivity contribution in [3.8, 4) is 5.75 Å². The molecule has 2 bridgehead atoms. The highest BCUT2D eigenvalue weighted by atomic mass is 16.6. The molecular weight excluding hydrogens is 372 g/mol. The second-order valence-electron chi connectivity index (χ2n) is 7.49. The Morgan fingerprint density at radius 2 is 2.00 bits per heavy atom. The van der Waals surface area contributed by atoms with Crippen molar-refractivity contribution >= 4 is 18.3 Å². The van der Waals surface area contributed by atoms with Gasteiger partial charge < -0.3 is 14.6 Å². The normalized spacial score (nSPS) is 25.7. The largest absolute Gasteiger partial charge is 0.481 e. The second kappa shape index (κ2) is 10.2. The molecule has 1 amide bonds. The minimum atomic E-state index is -0.758. The summed E-state index contributed by atoms with van der Waals surface area (Å²) in [5.74, 6) is 0.205. The van der Waals surface area contributed by atoms with Gasteiger partial charge in [-0.05, 0) is 50.2 Å². The summed E-state index contributed by atoms with van der Waals surface area (Å²) in [6.07, 6.45) is 10.4. The molecule has 0 aliphatic carbocycles. The number of benzene rings is 1. The van der Waals surface area contributed by atoms with Crippen LogP contribution in [0, 0.1) is 11.8 Å². The number of rotatable bonds is 9. The molecule has 0 unspecified atom stereocenters. The topological polar surface area (TPSA) is 88.4 Å². The average molecular weight is 400 g/mol. The number of amides is 1. The highest BCUT2D eigenvalue weighted by Crippen LogP contribution is 2.44. The van der Waals surface area contributed by atoms with Crippen molar-refractivity contribution in [1.82, 2.24) is 5.01 Å². The number of carbonyl (C=O) groups is 2. The molecule has 1 aromatic carbocycles. The first-order valence-corrected chi connectivity index (χ1v) is 10.1. The summed E-state index contributed by atoms with van der Waals surface area (Å²) in [5.41, 5.74) is 0. The van der Waals surface area contributed by atoms with Crippen LogP contribution < -0.4 is 4.74 Å². The first-order chi connectivity index (χ1) is 14.0. The third kappa shape index (κ3) is 5.90. The molecule has 0 spiro atoms. The predicted molar refractivity (Wildman–Crippen MR) is 109 cm³/mol. The van der Waals surface area contributed by atoms with Crippen LogP contribution in [0.15, 0.2) is 47.6 Å². The van der Waals surface area contributed by atoms with E-state index in [1.165, 1.54) is 5.01 Å². The van der Waals surface area contributed by atoms with Crippen molar-refractivity contribution < 1.29 is 24.2 Å². The van der Waals surface area contributed by atoms with E-state index in [1.807, 2.05) is 18.4 Å². The fourth-order valence-electron chi connectivity index (χ4n) is 3.95. The SMILES string of the molecule is CN(N=C[C@H]1[C@@H](CC=CCCCC(=O)O)[C@H]2CC[C@@H]1O2)C(=O)Oc1ccccc1. The van der Waals surface area contributed by atoms with Crippen LogP contribution in [-0.4, -0.2) is 47.6 Å². The molecule has 2 fully saturated rings. The molecule has 7 nitrogen and oxygen atoms in total. The molecule has 29 heavy (non-hydrogen) atoms. The van der Waals surface area contributed by atoms with Gasteiger partial charge in [-0.15, -0.1) is 0 Å². The Morgan fingerprint density at radius 1 is 1.24 bits per heavy atom. The van der Waals surface area contributed by atoms with Crippen LogP contribution in [0.5, 0.6) is 5.75 Å². The summed E-state index contributed by atoms with van der Waals surface area (Å²) in [5, 5.41) is 14.2. The van der Waals surface area contributed by atoms with Crippen molar-refractivity contribution in [2.45, 2.75) is 50.7 Å². The maximum absolute atomic E-state index is 12.2. The second-order valence-corrected chi connectivity index (χ2v) is 7.49. The van der Waals surface area contributed by atoms with E-state index in [9.17, 15) is 9.59 Å². The lowest BCUT2D eigenvalue weighted by Gasteiger charge is -2.24. The summed E-state index contributed by atoms with van der Waals surface area (Å²) < 4.78 is 11.3. The molecule has 0 saturated carbocycles. The Balaban J connectivity index is 1.51. The molecule has 156 valence electrons. The number of hydrogen-bond donors (Lipinski definition) is 1. The summed E-state index contributed by atoms with van der Waals surface area (Å²) in [7, 11) is 1.58. The lowest BCUT2D eigenvalue weighted by Crippen LogP contribution is -2.30. The summed E-state index contributed by atoms with van der Waals surface area (Å²) in [4.78, 5) is 22.7. The average Bonchev–Trinajstić information content (AvgIpc) is 3.31. The molecule has 2 aliphatic heterocycles. The number of carboxylic acids is 1. The third-order valence-electron chi connectivity index (χ3n) is 5.45. The van der Waals surface area contributed by atoms with E-state index in [0.717, 1.165) is 25.7 Å². The first-order valence-electron chi connectivity index (χ1n) is 10.1.